The van der Waals surface area contributed by atoms with Crippen molar-refractivity contribution < 1.29 is 18.3 Å². The summed E-state index contributed by atoms with van der Waals surface area (Å²) in [7, 11) is 1.48. The number of benzene rings is 1. The lowest BCUT2D eigenvalue weighted by molar-refractivity contribution is -0.124. The van der Waals surface area contributed by atoms with Crippen LogP contribution in [-0.4, -0.2) is 25.7 Å². The minimum absolute atomic E-state index is 0.107. The smallest absolute Gasteiger partial charge is 0.223 e. The van der Waals surface area contributed by atoms with Gasteiger partial charge in [0.1, 0.15) is 11.6 Å². The highest BCUT2D eigenvalue weighted by Gasteiger charge is 2.19. The van der Waals surface area contributed by atoms with Crippen LogP contribution in [0.25, 0.3) is 0 Å². The molecule has 0 saturated heterocycles. The molecule has 0 aliphatic heterocycles. The molecular formula is C15H22F2N2O2. The van der Waals surface area contributed by atoms with Gasteiger partial charge < -0.3 is 15.8 Å². The molecule has 0 saturated carbocycles. The number of methoxy groups -OCH3 is 1. The molecule has 1 amide bonds. The van der Waals surface area contributed by atoms with Crippen LogP contribution in [0.15, 0.2) is 18.2 Å². The minimum atomic E-state index is -0.657. The Morgan fingerprint density at radius 3 is 2.67 bits per heavy atom. The highest BCUT2D eigenvalue weighted by atomic mass is 19.1. The predicted octanol–water partition coefficient (Wildman–Crippen LogP) is 2.29. The van der Waals surface area contributed by atoms with Gasteiger partial charge in [0, 0.05) is 25.3 Å². The van der Waals surface area contributed by atoms with Gasteiger partial charge in [0.15, 0.2) is 0 Å². The van der Waals surface area contributed by atoms with Gasteiger partial charge in [-0.05, 0) is 12.5 Å². The predicted molar refractivity (Wildman–Crippen MR) is 76.6 cm³/mol. The van der Waals surface area contributed by atoms with E-state index in [1.807, 2.05) is 6.92 Å². The van der Waals surface area contributed by atoms with Crippen LogP contribution in [0, 0.1) is 11.6 Å². The summed E-state index contributed by atoms with van der Waals surface area (Å²) in [4.78, 5) is 12.0. The van der Waals surface area contributed by atoms with Crippen molar-refractivity contribution in [2.45, 2.75) is 38.3 Å². The van der Waals surface area contributed by atoms with E-state index in [9.17, 15) is 13.6 Å². The van der Waals surface area contributed by atoms with E-state index in [4.69, 9.17) is 10.5 Å². The summed E-state index contributed by atoms with van der Waals surface area (Å²) in [6.07, 6.45) is 1.06. The summed E-state index contributed by atoms with van der Waals surface area (Å²) in [6, 6.07) is 2.88. The first kappa shape index (κ1) is 17.5. The van der Waals surface area contributed by atoms with Crippen molar-refractivity contribution in [2.24, 2.45) is 5.73 Å². The molecule has 21 heavy (non-hydrogen) atoms. The topological polar surface area (TPSA) is 64.4 Å². The van der Waals surface area contributed by atoms with Crippen molar-refractivity contribution in [3.05, 3.63) is 35.4 Å². The van der Waals surface area contributed by atoms with E-state index in [2.05, 4.69) is 5.32 Å². The summed E-state index contributed by atoms with van der Waals surface area (Å²) in [5.74, 6) is -1.56. The molecule has 0 radical (unpaired) electrons. The van der Waals surface area contributed by atoms with E-state index in [-0.39, 0.29) is 30.5 Å². The first-order valence-corrected chi connectivity index (χ1v) is 6.99. The summed E-state index contributed by atoms with van der Waals surface area (Å²) in [6.45, 7) is 2.16. The Morgan fingerprint density at radius 1 is 1.43 bits per heavy atom. The van der Waals surface area contributed by atoms with Gasteiger partial charge in [-0.2, -0.15) is 0 Å². The fourth-order valence-corrected chi connectivity index (χ4v) is 2.10. The number of hydrogen-bond acceptors (Lipinski definition) is 3. The maximum absolute atomic E-state index is 13.8. The lowest BCUT2D eigenvalue weighted by Gasteiger charge is -2.21. The van der Waals surface area contributed by atoms with Crippen LogP contribution in [0.1, 0.15) is 37.8 Å². The molecule has 1 aromatic rings. The van der Waals surface area contributed by atoms with Crippen molar-refractivity contribution in [2.75, 3.05) is 13.7 Å². The second kappa shape index (κ2) is 8.69. The molecule has 1 rings (SSSR count). The van der Waals surface area contributed by atoms with Crippen LogP contribution in [0.5, 0.6) is 0 Å². The number of carbonyl (C=O) groups excluding carboxylic acids is 1. The Kier molecular flexibility index (Phi) is 7.25. The van der Waals surface area contributed by atoms with E-state index in [1.165, 1.54) is 19.2 Å². The third-order valence-corrected chi connectivity index (χ3v) is 3.26. The Balaban J connectivity index is 2.79. The van der Waals surface area contributed by atoms with Gasteiger partial charge in [0.25, 0.3) is 0 Å². The van der Waals surface area contributed by atoms with Crippen molar-refractivity contribution >= 4 is 5.91 Å². The average molecular weight is 300 g/mol. The Morgan fingerprint density at radius 2 is 2.14 bits per heavy atom. The molecule has 0 aliphatic rings. The molecular weight excluding hydrogens is 278 g/mol. The first-order valence-electron chi connectivity index (χ1n) is 6.99. The lowest BCUT2D eigenvalue weighted by Crippen LogP contribution is -2.34. The normalized spacial score (nSPS) is 13.8. The number of nitrogens with two attached hydrogens (primary N) is 1. The van der Waals surface area contributed by atoms with Gasteiger partial charge in [0.2, 0.25) is 5.91 Å². The second-order valence-electron chi connectivity index (χ2n) is 4.87. The van der Waals surface area contributed by atoms with Gasteiger partial charge >= 0.3 is 0 Å². The third-order valence-electron chi connectivity index (χ3n) is 3.26. The lowest BCUT2D eigenvalue weighted by atomic mass is 10.0. The molecule has 0 heterocycles. The Bertz CT molecular complexity index is 465. The van der Waals surface area contributed by atoms with Crippen molar-refractivity contribution in [3.63, 3.8) is 0 Å². The number of rotatable bonds is 8. The van der Waals surface area contributed by atoms with Gasteiger partial charge in [0.05, 0.1) is 18.6 Å². The molecule has 0 spiro atoms. The number of ether oxygens (including phenoxy) is 1. The summed E-state index contributed by atoms with van der Waals surface area (Å²) < 4.78 is 31.8. The number of carbonyl (C=O) groups is 1. The standard InChI is InChI=1S/C15H22F2N2O2/c1-3-4-14(12-6-5-10(16)7-13(12)17)19-15(20)8-11(9-18)21-2/h5-7,11,14H,3-4,8-9,18H2,1-2H3,(H,19,20). The van der Waals surface area contributed by atoms with Crippen molar-refractivity contribution in [1.29, 1.82) is 0 Å². The molecule has 0 aromatic heterocycles. The highest BCUT2D eigenvalue weighted by molar-refractivity contribution is 5.77. The van der Waals surface area contributed by atoms with E-state index in [1.54, 1.807) is 0 Å². The molecule has 3 N–H and O–H groups in total. The first-order chi connectivity index (χ1) is 10.0. The molecule has 1 aromatic carbocycles. The number of hydrogen-bond donors (Lipinski definition) is 2. The molecule has 2 atom stereocenters. The van der Waals surface area contributed by atoms with Gasteiger partial charge in [-0.3, -0.25) is 4.79 Å². The van der Waals surface area contributed by atoms with Crippen LogP contribution in [-0.2, 0) is 9.53 Å². The SMILES string of the molecule is CCCC(NC(=O)CC(CN)OC)c1ccc(F)cc1F. The molecule has 6 heteroatoms. The molecule has 0 bridgehead atoms. The number of amides is 1. The van der Waals surface area contributed by atoms with Crippen LogP contribution in [0.3, 0.4) is 0 Å². The third kappa shape index (κ3) is 5.40. The molecule has 118 valence electrons. The van der Waals surface area contributed by atoms with Crippen LogP contribution >= 0.6 is 0 Å². The highest BCUT2D eigenvalue weighted by Crippen LogP contribution is 2.22. The van der Waals surface area contributed by atoms with Crippen LogP contribution in [0.4, 0.5) is 8.78 Å². The van der Waals surface area contributed by atoms with Gasteiger partial charge in [-0.15, -0.1) is 0 Å². The van der Waals surface area contributed by atoms with E-state index >= 15 is 0 Å². The van der Waals surface area contributed by atoms with E-state index < -0.39 is 17.7 Å². The monoisotopic (exact) mass is 300 g/mol. The number of nitrogens with one attached hydrogen (secondary N) is 1. The van der Waals surface area contributed by atoms with Crippen molar-refractivity contribution in [1.82, 2.24) is 5.32 Å². The summed E-state index contributed by atoms with van der Waals surface area (Å²) >= 11 is 0. The quantitative estimate of drug-likeness (QED) is 0.774. The zero-order valence-electron chi connectivity index (χ0n) is 12.4. The van der Waals surface area contributed by atoms with Gasteiger partial charge in [-0.25, -0.2) is 8.78 Å². The van der Waals surface area contributed by atoms with Crippen molar-refractivity contribution in [3.8, 4) is 0 Å². The Hall–Kier alpha value is -1.53. The fourth-order valence-electron chi connectivity index (χ4n) is 2.10. The summed E-state index contributed by atoms with van der Waals surface area (Å²) in [5, 5.41) is 2.76. The molecule has 0 fully saturated rings. The zero-order valence-corrected chi connectivity index (χ0v) is 12.4. The average Bonchev–Trinajstić information content (AvgIpc) is 2.44. The van der Waals surface area contributed by atoms with Gasteiger partial charge in [-0.1, -0.05) is 19.4 Å². The van der Waals surface area contributed by atoms with E-state index in [0.29, 0.717) is 6.42 Å². The number of halogens is 2. The zero-order chi connectivity index (χ0) is 15.8. The molecule has 0 aliphatic carbocycles. The minimum Gasteiger partial charge on any atom is -0.380 e. The van der Waals surface area contributed by atoms with Crippen LogP contribution in [0.2, 0.25) is 0 Å². The molecule has 4 nitrogen and oxygen atoms in total. The Labute approximate surface area is 123 Å². The van der Waals surface area contributed by atoms with E-state index in [0.717, 1.165) is 12.5 Å². The maximum Gasteiger partial charge on any atom is 0.223 e. The largest absolute Gasteiger partial charge is 0.380 e. The maximum atomic E-state index is 13.8. The summed E-state index contributed by atoms with van der Waals surface area (Å²) in [5.41, 5.74) is 5.75. The second-order valence-corrected chi connectivity index (χ2v) is 4.87. The fraction of sp³-hybridized carbons (Fsp3) is 0.533. The molecule has 2 unspecified atom stereocenters. The van der Waals surface area contributed by atoms with Crippen LogP contribution < -0.4 is 11.1 Å².